The molecular weight excluding hydrogens is 478 g/mol. The van der Waals surface area contributed by atoms with Gasteiger partial charge < -0.3 is 18.6 Å². The van der Waals surface area contributed by atoms with Crippen LogP contribution >= 0.6 is 0 Å². The van der Waals surface area contributed by atoms with Crippen LogP contribution in [0.4, 0.5) is 5.69 Å². The first-order valence-corrected chi connectivity index (χ1v) is 11.5. The fourth-order valence-corrected chi connectivity index (χ4v) is 3.28. The van der Waals surface area contributed by atoms with Crippen molar-refractivity contribution in [2.45, 2.75) is 6.92 Å². The molecule has 0 amide bonds. The Bertz CT molecular complexity index is 1360. The Morgan fingerprint density at radius 3 is 2.03 bits per heavy atom. The Balaban J connectivity index is 0.000000623. The molecule has 184 valence electrons. The zero-order valence-electron chi connectivity index (χ0n) is 19.5. The molecule has 10 heteroatoms. The second-order valence-corrected chi connectivity index (χ2v) is 8.06. The number of aryl methyl sites for hydroxylation is 1. The second-order valence-electron chi connectivity index (χ2n) is 7.27. The molecule has 1 N–H and O–H groups in total. The summed E-state index contributed by atoms with van der Waals surface area (Å²) in [6.45, 7) is 2.05. The fraction of sp³-hybridized carbons (Fsp3) is 0.160. The molecule has 9 nitrogen and oxygen atoms in total. The van der Waals surface area contributed by atoms with Crippen molar-refractivity contribution in [1.29, 1.82) is 0 Å². The van der Waals surface area contributed by atoms with Gasteiger partial charge in [0.15, 0.2) is 0 Å². The molecule has 0 saturated carbocycles. The lowest BCUT2D eigenvalue weighted by molar-refractivity contribution is -1.92. The van der Waals surface area contributed by atoms with Crippen molar-refractivity contribution in [3.8, 4) is 28.6 Å². The first-order chi connectivity index (χ1) is 16.6. The fourth-order valence-electron chi connectivity index (χ4n) is 3.28. The van der Waals surface area contributed by atoms with Crippen molar-refractivity contribution in [3.05, 3.63) is 77.7 Å². The molecule has 0 unspecified atom stereocenters. The summed E-state index contributed by atoms with van der Waals surface area (Å²) in [7, 11) is 0.206. The number of hydrogen-bond acceptors (Lipinski definition) is 9. The van der Waals surface area contributed by atoms with Crippen molar-refractivity contribution in [3.63, 3.8) is 0 Å². The first kappa shape index (κ1) is 26.0. The number of halogens is 1. The van der Waals surface area contributed by atoms with Crippen LogP contribution in [-0.2, 0) is 0 Å². The number of hydrogen-bond donors (Lipinski definition) is 1. The molecule has 1 heterocycles. The summed E-state index contributed by atoms with van der Waals surface area (Å²) in [6, 6.07) is 21.4. The summed E-state index contributed by atoms with van der Waals surface area (Å²) in [6.07, 6.45) is 0. The van der Waals surface area contributed by atoms with Crippen molar-refractivity contribution in [2.75, 3.05) is 21.3 Å². The van der Waals surface area contributed by atoms with Crippen molar-refractivity contribution < 1.29 is 47.5 Å². The van der Waals surface area contributed by atoms with Crippen LogP contribution in [0.5, 0.6) is 17.2 Å². The molecule has 3 aromatic carbocycles. The molecule has 0 atom stereocenters. The van der Waals surface area contributed by atoms with Crippen LogP contribution in [0.25, 0.3) is 22.3 Å². The van der Waals surface area contributed by atoms with Crippen LogP contribution in [0.1, 0.15) is 5.56 Å². The molecule has 0 aliphatic carbocycles. The van der Waals surface area contributed by atoms with Gasteiger partial charge in [-0.25, -0.2) is 4.99 Å². The average Bonchev–Trinajstić information content (AvgIpc) is 2.83. The third kappa shape index (κ3) is 7.19. The monoisotopic (exact) mass is 501 g/mol. The van der Waals surface area contributed by atoms with Gasteiger partial charge in [-0.3, -0.25) is 0 Å². The van der Waals surface area contributed by atoms with E-state index in [0.29, 0.717) is 17.2 Å². The second kappa shape index (κ2) is 11.2. The van der Waals surface area contributed by atoms with E-state index in [0.717, 1.165) is 39.0 Å². The Hall–Kier alpha value is -3.60. The third-order valence-electron chi connectivity index (χ3n) is 4.90. The van der Waals surface area contributed by atoms with Crippen LogP contribution in [0.3, 0.4) is 0 Å². The molecule has 0 spiro atoms. The quantitative estimate of drug-likeness (QED) is 0.434. The van der Waals surface area contributed by atoms with E-state index in [2.05, 4.69) is 13.0 Å². The van der Waals surface area contributed by atoms with E-state index >= 15 is 0 Å². The Morgan fingerprint density at radius 2 is 1.43 bits per heavy atom. The summed E-state index contributed by atoms with van der Waals surface area (Å²) in [5.74, 6) is 2.87. The van der Waals surface area contributed by atoms with Gasteiger partial charge in [-0.1, -0.05) is 11.6 Å². The predicted molar refractivity (Wildman–Crippen MR) is 120 cm³/mol. The van der Waals surface area contributed by atoms with Gasteiger partial charge in [0.05, 0.1) is 41.6 Å². The van der Waals surface area contributed by atoms with E-state index in [4.69, 9.17) is 42.3 Å². The standard InChI is InChI=1S/C25H23NO4.ClHO4/c1-16-5-12-23-20(13-16)22(26-21-11-10-19(28-3)14-25(21)29-4)15-24(30-23)17-6-8-18(27-2)9-7-17;2-1(3,4)5/h5-15H,1-4H3;(H,2,3,4,5). The smallest absolute Gasteiger partial charge is 0.148 e. The molecular formula is C25H24ClNO8. The molecule has 0 aliphatic rings. The van der Waals surface area contributed by atoms with Gasteiger partial charge in [-0.2, -0.15) is 14.0 Å². The highest BCUT2D eigenvalue weighted by molar-refractivity contribution is 5.79. The number of rotatable bonds is 5. The molecule has 0 fully saturated rings. The van der Waals surface area contributed by atoms with E-state index in [1.54, 1.807) is 21.3 Å². The lowest BCUT2D eigenvalue weighted by Gasteiger charge is -2.09. The molecule has 0 saturated heterocycles. The zero-order chi connectivity index (χ0) is 25.6. The van der Waals surface area contributed by atoms with Crippen molar-refractivity contribution >= 4 is 16.7 Å². The number of fused-ring (bicyclic) bond motifs is 1. The SMILES string of the molecule is COc1ccc(-c2cc(=Nc3ccc(OC)cc3OC)c3cc(C)ccc3o2)cc1.[O-][Cl+3]([O-])([O-])O. The number of ether oxygens (including phenoxy) is 3. The maximum Gasteiger partial charge on any atom is 0.148 e. The van der Waals surface area contributed by atoms with Crippen LogP contribution in [0, 0.1) is 17.2 Å². The van der Waals surface area contributed by atoms with Gasteiger partial charge in [0, 0.05) is 23.1 Å². The maximum absolute atomic E-state index is 8.60. The molecule has 4 rings (SSSR count). The van der Waals surface area contributed by atoms with Gasteiger partial charge >= 0.3 is 0 Å². The number of methoxy groups -OCH3 is 3. The highest BCUT2D eigenvalue weighted by atomic mass is 35.7. The summed E-state index contributed by atoms with van der Waals surface area (Å²) in [5.41, 5.74) is 3.55. The summed E-state index contributed by atoms with van der Waals surface area (Å²) in [4.78, 5) is 4.91. The highest BCUT2D eigenvalue weighted by Gasteiger charge is 2.09. The van der Waals surface area contributed by atoms with Crippen molar-refractivity contribution in [2.24, 2.45) is 4.99 Å². The predicted octanol–water partition coefficient (Wildman–Crippen LogP) is 1.54. The number of benzene rings is 3. The van der Waals surface area contributed by atoms with Gasteiger partial charge in [0.2, 0.25) is 0 Å². The molecule has 0 aliphatic heterocycles. The van der Waals surface area contributed by atoms with Gasteiger partial charge in [0.1, 0.15) is 34.3 Å². The molecule has 0 bridgehead atoms. The lowest BCUT2D eigenvalue weighted by Crippen LogP contribution is -2.58. The minimum absolute atomic E-state index is 0.641. The van der Waals surface area contributed by atoms with Crippen LogP contribution in [0.15, 0.2) is 76.1 Å². The van der Waals surface area contributed by atoms with Gasteiger partial charge in [-0.15, -0.1) is 0 Å². The maximum atomic E-state index is 8.60. The third-order valence-corrected chi connectivity index (χ3v) is 4.90. The molecule has 0 radical (unpaired) electrons. The molecule has 1 aromatic heterocycles. The van der Waals surface area contributed by atoms with Gasteiger partial charge in [0.25, 0.3) is 0 Å². The number of nitrogens with zero attached hydrogens (tertiary/aromatic N) is 1. The van der Waals surface area contributed by atoms with E-state index in [1.165, 1.54) is 0 Å². The highest BCUT2D eigenvalue weighted by Crippen LogP contribution is 2.32. The van der Waals surface area contributed by atoms with E-state index in [-0.39, 0.29) is 0 Å². The molecule has 4 aromatic rings. The Labute approximate surface area is 203 Å². The average molecular weight is 502 g/mol. The van der Waals surface area contributed by atoms with Crippen LogP contribution < -0.4 is 33.5 Å². The molecule has 35 heavy (non-hydrogen) atoms. The zero-order valence-corrected chi connectivity index (χ0v) is 20.2. The summed E-state index contributed by atoms with van der Waals surface area (Å²) in [5, 5.41) is 1.74. The lowest BCUT2D eigenvalue weighted by atomic mass is 10.1. The minimum atomic E-state index is -4.69. The van der Waals surface area contributed by atoms with E-state index in [9.17, 15) is 0 Å². The summed E-state index contributed by atoms with van der Waals surface area (Å²) < 4.78 is 55.0. The van der Waals surface area contributed by atoms with Gasteiger partial charge in [-0.05, 0) is 55.5 Å². The topological polar surface area (TPSA) is 143 Å². The largest absolute Gasteiger partial charge is 0.497 e. The Kier molecular flexibility index (Phi) is 8.34. The normalized spacial score (nSPS) is 11.6. The summed E-state index contributed by atoms with van der Waals surface area (Å²) >= 11 is 0. The van der Waals surface area contributed by atoms with Crippen molar-refractivity contribution in [1.82, 2.24) is 0 Å². The Morgan fingerprint density at radius 1 is 0.800 bits per heavy atom. The van der Waals surface area contributed by atoms with E-state index in [1.807, 2.05) is 60.7 Å². The van der Waals surface area contributed by atoms with E-state index < -0.39 is 10.2 Å². The minimum Gasteiger partial charge on any atom is -0.497 e. The first-order valence-electron chi connectivity index (χ1n) is 10.2. The van der Waals surface area contributed by atoms with Crippen LogP contribution in [-0.4, -0.2) is 26.0 Å². The van der Waals surface area contributed by atoms with Crippen LogP contribution in [0.2, 0.25) is 0 Å².